The Morgan fingerprint density at radius 3 is 2.27 bits per heavy atom. The number of ether oxygens (including phenoxy) is 3. The quantitative estimate of drug-likeness (QED) is 0.226. The summed E-state index contributed by atoms with van der Waals surface area (Å²) in [4.78, 5) is 39.0. The Labute approximate surface area is 246 Å². The maximum atomic E-state index is 14.4. The number of rotatable bonds is 6. The first-order chi connectivity index (χ1) is 18.9. The molecule has 1 aliphatic heterocycles. The average Bonchev–Trinajstić information content (AvgIpc) is 3.20. The number of allylic oxidation sites excluding steroid dienone is 1. The van der Waals surface area contributed by atoms with Crippen molar-refractivity contribution in [3.05, 3.63) is 11.6 Å². The molecule has 0 aromatic heterocycles. The van der Waals surface area contributed by atoms with Crippen molar-refractivity contribution in [2.45, 2.75) is 144 Å². The molecule has 7 heteroatoms. The third kappa shape index (κ3) is 3.88. The van der Waals surface area contributed by atoms with E-state index in [1.165, 1.54) is 19.4 Å². The fraction of sp³-hybridized carbons (Fsp3) is 0.853. The summed E-state index contributed by atoms with van der Waals surface area (Å²) in [5.41, 5.74) is -3.71. The molecule has 0 radical (unpaired) electrons. The van der Waals surface area contributed by atoms with Gasteiger partial charge in [0, 0.05) is 19.3 Å². The molecule has 7 nitrogen and oxygen atoms in total. The second-order valence-corrected chi connectivity index (χ2v) is 15.7. The van der Waals surface area contributed by atoms with E-state index in [-0.39, 0.29) is 34.7 Å². The molecule has 0 unspecified atom stereocenters. The van der Waals surface area contributed by atoms with Crippen molar-refractivity contribution in [2.75, 3.05) is 0 Å². The van der Waals surface area contributed by atoms with Crippen LogP contribution < -0.4 is 0 Å². The van der Waals surface area contributed by atoms with Crippen LogP contribution in [-0.2, 0) is 28.6 Å². The van der Waals surface area contributed by atoms with Gasteiger partial charge in [0.05, 0.1) is 0 Å². The first-order valence-electron chi connectivity index (χ1n) is 15.9. The summed E-state index contributed by atoms with van der Waals surface area (Å²) in [6.45, 7) is 18.0. The molecule has 4 fully saturated rings. The molecule has 1 saturated heterocycles. The number of carbonyl (C=O) groups is 3. The molecular weight excluding hydrogens is 520 g/mol. The van der Waals surface area contributed by atoms with Gasteiger partial charge in [0.1, 0.15) is 28.8 Å². The Kier molecular flexibility index (Phi) is 7.12. The van der Waals surface area contributed by atoms with Gasteiger partial charge in [-0.2, -0.15) is 0 Å². The van der Waals surface area contributed by atoms with Crippen LogP contribution in [-0.4, -0.2) is 46.4 Å². The number of hydrogen-bond donors (Lipinski definition) is 1. The first kappa shape index (κ1) is 30.6. The van der Waals surface area contributed by atoms with Gasteiger partial charge in [0.15, 0.2) is 0 Å². The summed E-state index contributed by atoms with van der Waals surface area (Å²) in [6, 6.07) is 0. The van der Waals surface area contributed by atoms with Gasteiger partial charge in [-0.1, -0.05) is 53.5 Å². The first-order valence-corrected chi connectivity index (χ1v) is 15.9. The average molecular weight is 573 g/mol. The molecule has 0 amide bonds. The van der Waals surface area contributed by atoms with Gasteiger partial charge in [-0.15, -0.1) is 0 Å². The minimum absolute atomic E-state index is 0.0521. The molecule has 5 aliphatic rings. The second kappa shape index (κ2) is 9.56. The van der Waals surface area contributed by atoms with E-state index in [1.807, 2.05) is 6.92 Å². The molecule has 5 rings (SSSR count). The van der Waals surface area contributed by atoms with Gasteiger partial charge in [-0.25, -0.2) is 0 Å². The highest BCUT2D eigenvalue weighted by Gasteiger charge is 2.86. The Morgan fingerprint density at radius 1 is 1.00 bits per heavy atom. The Balaban J connectivity index is 1.63. The van der Waals surface area contributed by atoms with Crippen LogP contribution in [0, 0.1) is 39.4 Å². The topological polar surface area (TPSA) is 99.1 Å². The van der Waals surface area contributed by atoms with E-state index in [4.69, 9.17) is 14.2 Å². The number of hydrogen-bond acceptors (Lipinski definition) is 7. The van der Waals surface area contributed by atoms with Crippen LogP contribution in [0.4, 0.5) is 0 Å². The normalized spacial score (nSPS) is 46.0. The van der Waals surface area contributed by atoms with E-state index in [9.17, 15) is 19.5 Å². The SMILES string of the molecule is CC(=O)O[C@H]1CC[C@]2(C)C3=C[C@H](OC(C)=O)[C@]45C(=O)O[C@@](C)(CCCC(C)C)[C@@]4(O)CC[C@@]5(C)[C@@H]3CC[C@H]2C1(C)C. The number of cyclic esters (lactones) is 1. The molecule has 9 atom stereocenters. The molecule has 0 aromatic carbocycles. The molecule has 4 aliphatic carbocycles. The fourth-order valence-electron chi connectivity index (χ4n) is 10.9. The number of fused-ring (bicyclic) bond motifs is 4. The smallest absolute Gasteiger partial charge is 0.320 e. The largest absolute Gasteiger partial charge is 0.462 e. The van der Waals surface area contributed by atoms with Gasteiger partial charge < -0.3 is 19.3 Å². The lowest BCUT2D eigenvalue weighted by Crippen LogP contribution is -2.68. The molecule has 1 spiro atoms. The van der Waals surface area contributed by atoms with Crippen molar-refractivity contribution in [1.82, 2.24) is 0 Å². The second-order valence-electron chi connectivity index (χ2n) is 15.7. The van der Waals surface area contributed by atoms with Crippen molar-refractivity contribution in [3.63, 3.8) is 0 Å². The van der Waals surface area contributed by atoms with Crippen LogP contribution in [0.3, 0.4) is 0 Å². The third-order valence-electron chi connectivity index (χ3n) is 12.8. The maximum absolute atomic E-state index is 14.4. The predicted molar refractivity (Wildman–Crippen MR) is 154 cm³/mol. The monoisotopic (exact) mass is 572 g/mol. The lowest BCUT2D eigenvalue weighted by atomic mass is 9.40. The lowest BCUT2D eigenvalue weighted by molar-refractivity contribution is -0.200. The van der Waals surface area contributed by atoms with Gasteiger partial charge >= 0.3 is 17.9 Å². The molecule has 41 heavy (non-hydrogen) atoms. The van der Waals surface area contributed by atoms with E-state index in [1.54, 1.807) is 0 Å². The van der Waals surface area contributed by atoms with Crippen LogP contribution in [0.5, 0.6) is 0 Å². The number of esters is 3. The third-order valence-corrected chi connectivity index (χ3v) is 12.8. The summed E-state index contributed by atoms with van der Waals surface area (Å²) in [6.07, 6.45) is 7.89. The van der Waals surface area contributed by atoms with E-state index in [0.717, 1.165) is 38.5 Å². The Morgan fingerprint density at radius 2 is 1.66 bits per heavy atom. The minimum atomic E-state index is -1.45. The van der Waals surface area contributed by atoms with E-state index < -0.39 is 40.1 Å². The number of aliphatic hydroxyl groups is 1. The molecule has 1 heterocycles. The van der Waals surface area contributed by atoms with Crippen molar-refractivity contribution >= 4 is 17.9 Å². The predicted octanol–water partition coefficient (Wildman–Crippen LogP) is 6.30. The lowest BCUT2D eigenvalue weighted by Gasteiger charge is -2.64. The molecular formula is C34H52O7. The molecule has 230 valence electrons. The molecule has 0 aromatic rings. The van der Waals surface area contributed by atoms with Crippen LogP contribution in [0.2, 0.25) is 0 Å². The van der Waals surface area contributed by atoms with Crippen molar-refractivity contribution < 1.29 is 33.7 Å². The summed E-state index contributed by atoms with van der Waals surface area (Å²) in [5, 5.41) is 12.8. The van der Waals surface area contributed by atoms with Crippen LogP contribution in [0.15, 0.2) is 11.6 Å². The highest BCUT2D eigenvalue weighted by molar-refractivity contribution is 5.87. The van der Waals surface area contributed by atoms with Crippen molar-refractivity contribution in [1.29, 1.82) is 0 Å². The van der Waals surface area contributed by atoms with Crippen LogP contribution in [0.1, 0.15) is 120 Å². The zero-order valence-electron chi connectivity index (χ0n) is 26.7. The minimum Gasteiger partial charge on any atom is -0.462 e. The molecule has 3 saturated carbocycles. The van der Waals surface area contributed by atoms with Gasteiger partial charge in [-0.05, 0) is 93.0 Å². The van der Waals surface area contributed by atoms with Crippen LogP contribution in [0.25, 0.3) is 0 Å². The van der Waals surface area contributed by atoms with Crippen molar-refractivity contribution in [2.24, 2.45) is 39.4 Å². The fourth-order valence-corrected chi connectivity index (χ4v) is 10.9. The summed E-state index contributed by atoms with van der Waals surface area (Å²) >= 11 is 0. The van der Waals surface area contributed by atoms with E-state index >= 15 is 0 Å². The summed E-state index contributed by atoms with van der Waals surface area (Å²) in [7, 11) is 0. The highest BCUT2D eigenvalue weighted by Crippen LogP contribution is 2.77. The van der Waals surface area contributed by atoms with E-state index in [0.29, 0.717) is 25.2 Å². The molecule has 1 N–H and O–H groups in total. The van der Waals surface area contributed by atoms with Gasteiger partial charge in [0.25, 0.3) is 0 Å². The standard InChI is InChI=1S/C34H52O7/c1-20(2)11-10-15-32(9)33(38)18-17-31(8)23-12-13-25-29(5,6)26(39-21(3)35)14-16-30(25,7)24(23)19-27(40-22(4)36)34(31,33)28(37)41-32/h19-20,23,25-27,38H,10-18H2,1-9H3/t23-,25+,26+,27+,30-,31+,32+,33+,34-/m1/s1. The highest BCUT2D eigenvalue weighted by atomic mass is 16.6. The molecule has 0 bridgehead atoms. The van der Waals surface area contributed by atoms with Crippen molar-refractivity contribution in [3.8, 4) is 0 Å². The Hall–Kier alpha value is -1.89. The van der Waals surface area contributed by atoms with Gasteiger partial charge in [0.2, 0.25) is 0 Å². The Bertz CT molecular complexity index is 1160. The zero-order valence-corrected chi connectivity index (χ0v) is 26.7. The maximum Gasteiger partial charge on any atom is 0.320 e. The van der Waals surface area contributed by atoms with E-state index in [2.05, 4.69) is 47.6 Å². The summed E-state index contributed by atoms with van der Waals surface area (Å²) in [5.74, 6) is -0.311. The van der Waals surface area contributed by atoms with Gasteiger partial charge in [-0.3, -0.25) is 14.4 Å². The zero-order chi connectivity index (χ0) is 30.4. The summed E-state index contributed by atoms with van der Waals surface area (Å²) < 4.78 is 18.2. The number of carbonyl (C=O) groups excluding carboxylic acids is 3. The van der Waals surface area contributed by atoms with Crippen LogP contribution >= 0.6 is 0 Å².